The van der Waals surface area contributed by atoms with Crippen LogP contribution in [0.4, 0.5) is 0 Å². The molecule has 0 spiro atoms. The number of hydrogen-bond donors (Lipinski definition) is 1. The van der Waals surface area contributed by atoms with Gasteiger partial charge in [-0.05, 0) is 97.9 Å². The molecular weight excluding hydrogens is 380 g/mol. The Labute approximate surface area is 191 Å². The largest absolute Gasteiger partial charge is 0.392 e. The Morgan fingerprint density at radius 3 is 2.48 bits per heavy atom. The van der Waals surface area contributed by atoms with Gasteiger partial charge in [-0.2, -0.15) is 0 Å². The van der Waals surface area contributed by atoms with Gasteiger partial charge in [-0.25, -0.2) is 0 Å². The summed E-state index contributed by atoms with van der Waals surface area (Å²) in [6.07, 6.45) is 13.5. The minimum absolute atomic E-state index is 0.139. The second kappa shape index (κ2) is 8.62. The average Bonchev–Trinajstić information content (AvgIpc) is 3.06. The Bertz CT molecular complexity index is 708. The molecule has 0 aromatic rings. The van der Waals surface area contributed by atoms with E-state index in [9.17, 15) is 9.90 Å². The first-order valence-electron chi connectivity index (χ1n) is 13.5. The Morgan fingerprint density at radius 2 is 1.81 bits per heavy atom. The van der Waals surface area contributed by atoms with Gasteiger partial charge in [0, 0.05) is 11.8 Å². The van der Waals surface area contributed by atoms with Crippen LogP contribution in [0.3, 0.4) is 0 Å². The van der Waals surface area contributed by atoms with Crippen molar-refractivity contribution in [2.45, 2.75) is 112 Å². The van der Waals surface area contributed by atoms with E-state index in [4.69, 9.17) is 0 Å². The highest BCUT2D eigenvalue weighted by Crippen LogP contribution is 2.67. The van der Waals surface area contributed by atoms with Crippen molar-refractivity contribution in [3.05, 3.63) is 11.6 Å². The fourth-order valence-corrected chi connectivity index (χ4v) is 9.27. The summed E-state index contributed by atoms with van der Waals surface area (Å²) in [5.74, 6) is 5.63. The minimum atomic E-state index is -0.477. The number of hydrogen-bond acceptors (Lipinski definition) is 2. The van der Waals surface area contributed by atoms with Crippen LogP contribution in [0, 0.1) is 52.3 Å². The molecule has 4 aliphatic rings. The van der Waals surface area contributed by atoms with E-state index in [0.717, 1.165) is 41.9 Å². The molecule has 31 heavy (non-hydrogen) atoms. The van der Waals surface area contributed by atoms with Crippen LogP contribution in [0.5, 0.6) is 0 Å². The topological polar surface area (TPSA) is 37.3 Å². The lowest BCUT2D eigenvalue weighted by Crippen LogP contribution is -2.55. The van der Waals surface area contributed by atoms with Crippen LogP contribution in [0.15, 0.2) is 11.6 Å². The van der Waals surface area contributed by atoms with Crippen LogP contribution in [-0.4, -0.2) is 17.0 Å². The predicted octanol–water partition coefficient (Wildman–Crippen LogP) is 7.20. The van der Waals surface area contributed by atoms with Gasteiger partial charge in [-0.1, -0.05) is 60.0 Å². The van der Waals surface area contributed by atoms with Crippen LogP contribution in [-0.2, 0) is 4.79 Å². The van der Waals surface area contributed by atoms with E-state index in [1.807, 2.05) is 6.08 Å². The fourth-order valence-electron chi connectivity index (χ4n) is 9.27. The summed E-state index contributed by atoms with van der Waals surface area (Å²) in [5.41, 5.74) is 1.59. The van der Waals surface area contributed by atoms with Gasteiger partial charge in [0.25, 0.3) is 0 Å². The molecule has 0 radical (unpaired) electrons. The van der Waals surface area contributed by atoms with Crippen molar-refractivity contribution in [2.24, 2.45) is 52.3 Å². The quantitative estimate of drug-likeness (QED) is 0.485. The molecule has 4 aliphatic carbocycles. The summed E-state index contributed by atoms with van der Waals surface area (Å²) in [6, 6.07) is 0. The lowest BCUT2D eigenvalue weighted by molar-refractivity contribution is -0.128. The molecule has 0 aromatic heterocycles. The summed E-state index contributed by atoms with van der Waals surface area (Å²) in [6.45, 7) is 14.6. The van der Waals surface area contributed by atoms with Crippen molar-refractivity contribution >= 4 is 5.78 Å². The summed E-state index contributed by atoms with van der Waals surface area (Å²) in [5, 5.41) is 11.0. The molecule has 0 bridgehead atoms. The van der Waals surface area contributed by atoms with E-state index in [2.05, 4.69) is 41.5 Å². The van der Waals surface area contributed by atoms with E-state index in [0.29, 0.717) is 17.8 Å². The number of aliphatic hydroxyl groups excluding tert-OH is 1. The van der Waals surface area contributed by atoms with Gasteiger partial charge >= 0.3 is 0 Å². The molecule has 0 heterocycles. The highest BCUT2D eigenvalue weighted by Gasteiger charge is 2.61. The third-order valence-corrected chi connectivity index (χ3v) is 11.3. The lowest BCUT2D eigenvalue weighted by atomic mass is 9.46. The number of aliphatic hydroxyl groups is 1. The lowest BCUT2D eigenvalue weighted by Gasteiger charge is -2.59. The van der Waals surface area contributed by atoms with Crippen LogP contribution in [0.1, 0.15) is 106 Å². The van der Waals surface area contributed by atoms with Gasteiger partial charge < -0.3 is 5.11 Å². The predicted molar refractivity (Wildman–Crippen MR) is 129 cm³/mol. The first-order valence-corrected chi connectivity index (χ1v) is 13.5. The number of carbonyl (C=O) groups excluding carboxylic acids is 1. The molecule has 0 saturated heterocycles. The maximum Gasteiger partial charge on any atom is 0.158 e. The van der Waals surface area contributed by atoms with E-state index < -0.39 is 6.10 Å². The molecule has 2 nitrogen and oxygen atoms in total. The average molecular weight is 429 g/mol. The van der Waals surface area contributed by atoms with Gasteiger partial charge in [-0.3, -0.25) is 4.79 Å². The molecule has 3 fully saturated rings. The Balaban J connectivity index is 1.50. The zero-order chi connectivity index (χ0) is 22.6. The molecule has 1 N–H and O–H groups in total. The van der Waals surface area contributed by atoms with Crippen molar-refractivity contribution in [2.75, 3.05) is 0 Å². The highest BCUT2D eigenvalue weighted by molar-refractivity contribution is 5.92. The Morgan fingerprint density at radius 1 is 1.06 bits per heavy atom. The van der Waals surface area contributed by atoms with E-state index in [-0.39, 0.29) is 11.2 Å². The molecule has 3 saturated carbocycles. The minimum Gasteiger partial charge on any atom is -0.392 e. The molecule has 2 heteroatoms. The third-order valence-electron chi connectivity index (χ3n) is 11.3. The zero-order valence-corrected chi connectivity index (χ0v) is 21.1. The molecule has 4 rings (SSSR count). The fraction of sp³-hybridized carbons (Fsp3) is 0.897. The first kappa shape index (κ1) is 23.5. The summed E-state index contributed by atoms with van der Waals surface area (Å²) in [7, 11) is 0. The second-order valence-electron chi connectivity index (χ2n) is 12.7. The molecular formula is C29H48O2. The Kier molecular flexibility index (Phi) is 6.54. The summed E-state index contributed by atoms with van der Waals surface area (Å²) in [4.78, 5) is 12.1. The SMILES string of the molecule is CC[C@@H](CC[C@@H](C)[C@H]1CC[C@H]2[C@@H]3CCC4=CC(=O)C[C@@H](O)[C@]4(C)[C@H]3CC[C@]12C)C(C)C. The van der Waals surface area contributed by atoms with Crippen molar-refractivity contribution in [1.82, 2.24) is 0 Å². The number of ketones is 1. The van der Waals surface area contributed by atoms with Gasteiger partial charge in [0.1, 0.15) is 0 Å². The maximum absolute atomic E-state index is 12.1. The highest BCUT2D eigenvalue weighted by atomic mass is 16.3. The van der Waals surface area contributed by atoms with Crippen molar-refractivity contribution in [3.63, 3.8) is 0 Å². The van der Waals surface area contributed by atoms with Crippen LogP contribution >= 0.6 is 0 Å². The van der Waals surface area contributed by atoms with Gasteiger partial charge in [0.2, 0.25) is 0 Å². The van der Waals surface area contributed by atoms with Crippen molar-refractivity contribution in [3.8, 4) is 0 Å². The molecule has 0 aliphatic heterocycles. The first-order chi connectivity index (χ1) is 14.6. The molecule has 0 aromatic carbocycles. The molecule has 9 atom stereocenters. The monoisotopic (exact) mass is 428 g/mol. The van der Waals surface area contributed by atoms with E-state index >= 15 is 0 Å². The van der Waals surface area contributed by atoms with Gasteiger partial charge in [-0.15, -0.1) is 0 Å². The molecule has 176 valence electrons. The van der Waals surface area contributed by atoms with Crippen molar-refractivity contribution in [1.29, 1.82) is 0 Å². The van der Waals surface area contributed by atoms with E-state index in [1.54, 1.807) is 0 Å². The molecule has 0 unspecified atom stereocenters. The standard InChI is InChI=1S/C29H48O2/c1-7-20(18(2)3)9-8-19(4)24-12-13-25-23-11-10-21-16-22(30)17-27(31)29(21,6)26(23)14-15-28(24,25)5/h16,18-20,23-27,31H,7-15,17H2,1-6H3/t19-,20+,23+,24-,25+,26+,27-,28-,29+/m1/s1. The van der Waals surface area contributed by atoms with Gasteiger partial charge in [0.05, 0.1) is 6.10 Å². The van der Waals surface area contributed by atoms with Gasteiger partial charge in [0.15, 0.2) is 5.78 Å². The van der Waals surface area contributed by atoms with Crippen LogP contribution in [0.2, 0.25) is 0 Å². The molecule has 0 amide bonds. The van der Waals surface area contributed by atoms with Crippen molar-refractivity contribution < 1.29 is 9.90 Å². The summed E-state index contributed by atoms with van der Waals surface area (Å²) >= 11 is 0. The number of carbonyl (C=O) groups is 1. The Hall–Kier alpha value is -0.630. The number of rotatable bonds is 6. The zero-order valence-electron chi connectivity index (χ0n) is 21.1. The normalized spacial score (nSPS) is 44.3. The number of fused-ring (bicyclic) bond motifs is 5. The van der Waals surface area contributed by atoms with Crippen LogP contribution in [0.25, 0.3) is 0 Å². The third kappa shape index (κ3) is 3.77. The van der Waals surface area contributed by atoms with Crippen LogP contribution < -0.4 is 0 Å². The summed E-state index contributed by atoms with van der Waals surface area (Å²) < 4.78 is 0. The smallest absolute Gasteiger partial charge is 0.158 e. The van der Waals surface area contributed by atoms with E-state index in [1.165, 1.54) is 56.9 Å². The second-order valence-corrected chi connectivity index (χ2v) is 12.7. The maximum atomic E-state index is 12.1.